The van der Waals surface area contributed by atoms with Crippen molar-refractivity contribution in [3.63, 3.8) is 0 Å². The van der Waals surface area contributed by atoms with E-state index in [2.05, 4.69) is 102 Å². The molecule has 0 heterocycles. The van der Waals surface area contributed by atoms with Crippen LogP contribution in [0.15, 0.2) is 60.7 Å². The summed E-state index contributed by atoms with van der Waals surface area (Å²) in [6.45, 7) is 14.7. The van der Waals surface area contributed by atoms with Crippen LogP contribution in [0.1, 0.15) is 116 Å². The third-order valence-electron chi connectivity index (χ3n) is 10.1. The molecule has 0 aliphatic heterocycles. The van der Waals surface area contributed by atoms with Gasteiger partial charge in [0.05, 0.1) is 6.61 Å². The number of aryl methyl sites for hydroxylation is 2. The molecule has 0 bridgehead atoms. The molecule has 0 aromatic heterocycles. The van der Waals surface area contributed by atoms with E-state index >= 15 is 0 Å². The summed E-state index contributed by atoms with van der Waals surface area (Å²) in [6.07, 6.45) is 12.2. The largest absolute Gasteiger partial charge is 0.493 e. The molecule has 0 radical (unpaired) electrons. The van der Waals surface area contributed by atoms with Gasteiger partial charge in [0.2, 0.25) is 0 Å². The van der Waals surface area contributed by atoms with Gasteiger partial charge in [0, 0.05) is 0 Å². The predicted octanol–water partition coefficient (Wildman–Crippen LogP) is 11.4. The van der Waals surface area contributed by atoms with Crippen LogP contribution >= 0.6 is 0 Å². The number of benzene rings is 3. The molecule has 210 valence electrons. The molecule has 0 spiro atoms. The van der Waals surface area contributed by atoms with E-state index in [0.717, 1.165) is 43.5 Å². The minimum absolute atomic E-state index is 0.412. The van der Waals surface area contributed by atoms with E-state index in [1.54, 1.807) is 0 Å². The van der Waals surface area contributed by atoms with Crippen LogP contribution in [0.5, 0.6) is 5.75 Å². The maximum absolute atomic E-state index is 6.54. The van der Waals surface area contributed by atoms with Crippen molar-refractivity contribution in [1.82, 2.24) is 0 Å². The van der Waals surface area contributed by atoms with E-state index in [1.807, 2.05) is 0 Å². The van der Waals surface area contributed by atoms with Gasteiger partial charge in [0.15, 0.2) is 0 Å². The molecule has 0 N–H and O–H groups in total. The van der Waals surface area contributed by atoms with Crippen molar-refractivity contribution in [3.05, 3.63) is 77.4 Å². The van der Waals surface area contributed by atoms with Crippen LogP contribution in [0.25, 0.3) is 22.3 Å². The average Bonchev–Trinajstić information content (AvgIpc) is 3.00. The molecule has 4 rings (SSSR count). The standard InChI is InChI=1S/C38H52O/c1-7-29-26-36(27-30(8-2)37(29)39-25-24-38(9-3,10-4)11-5)35-22-20-34(21-23-35)33-18-16-32(17-19-33)31-14-12-28(6)13-15-31/h16-23,26-28,31H,7-15,24-25H2,1-6H3. The van der Waals surface area contributed by atoms with Crippen molar-refractivity contribution < 1.29 is 4.74 Å². The zero-order chi connectivity index (χ0) is 27.8. The van der Waals surface area contributed by atoms with Crippen LogP contribution in [0.3, 0.4) is 0 Å². The summed E-state index contributed by atoms with van der Waals surface area (Å²) in [4.78, 5) is 0. The summed E-state index contributed by atoms with van der Waals surface area (Å²) < 4.78 is 6.54. The summed E-state index contributed by atoms with van der Waals surface area (Å²) in [5, 5.41) is 0. The van der Waals surface area contributed by atoms with Gasteiger partial charge in [-0.3, -0.25) is 0 Å². The number of rotatable bonds is 12. The minimum Gasteiger partial charge on any atom is -0.493 e. The smallest absolute Gasteiger partial charge is 0.125 e. The minimum atomic E-state index is 0.412. The van der Waals surface area contributed by atoms with Crippen molar-refractivity contribution in [2.75, 3.05) is 6.61 Å². The highest BCUT2D eigenvalue weighted by Crippen LogP contribution is 2.38. The Labute approximate surface area is 239 Å². The lowest BCUT2D eigenvalue weighted by Crippen LogP contribution is -2.21. The summed E-state index contributed by atoms with van der Waals surface area (Å²) in [7, 11) is 0. The molecule has 1 aliphatic rings. The zero-order valence-corrected chi connectivity index (χ0v) is 25.6. The van der Waals surface area contributed by atoms with Crippen LogP contribution in [0.2, 0.25) is 0 Å². The fourth-order valence-electron chi connectivity index (χ4n) is 6.68. The second-order valence-electron chi connectivity index (χ2n) is 12.1. The van der Waals surface area contributed by atoms with E-state index in [-0.39, 0.29) is 0 Å². The lowest BCUT2D eigenvalue weighted by Gasteiger charge is -2.30. The summed E-state index contributed by atoms with van der Waals surface area (Å²) in [5.41, 5.74) is 9.78. The maximum atomic E-state index is 6.54. The van der Waals surface area contributed by atoms with Crippen molar-refractivity contribution in [3.8, 4) is 28.0 Å². The van der Waals surface area contributed by atoms with E-state index in [4.69, 9.17) is 4.74 Å². The molecule has 1 saturated carbocycles. The first kappa shape index (κ1) is 29.4. The fourth-order valence-corrected chi connectivity index (χ4v) is 6.68. The highest BCUT2D eigenvalue weighted by molar-refractivity contribution is 5.72. The van der Waals surface area contributed by atoms with Crippen molar-refractivity contribution in [2.45, 2.75) is 112 Å². The van der Waals surface area contributed by atoms with Gasteiger partial charge in [-0.15, -0.1) is 0 Å². The lowest BCUT2D eigenvalue weighted by atomic mass is 9.77. The molecule has 0 amide bonds. The Hall–Kier alpha value is -2.54. The summed E-state index contributed by atoms with van der Waals surface area (Å²) in [6, 6.07) is 23.3. The van der Waals surface area contributed by atoms with Crippen molar-refractivity contribution in [1.29, 1.82) is 0 Å². The highest BCUT2D eigenvalue weighted by atomic mass is 16.5. The van der Waals surface area contributed by atoms with E-state index in [0.29, 0.717) is 5.41 Å². The molecule has 1 aliphatic carbocycles. The predicted molar refractivity (Wildman–Crippen MR) is 170 cm³/mol. The summed E-state index contributed by atoms with van der Waals surface area (Å²) in [5.74, 6) is 2.78. The first-order valence-electron chi connectivity index (χ1n) is 15.9. The fraction of sp³-hybridized carbons (Fsp3) is 0.526. The molecule has 3 aromatic carbocycles. The molecule has 1 nitrogen and oxygen atoms in total. The van der Waals surface area contributed by atoms with Gasteiger partial charge in [-0.05, 0) is 100 Å². The third-order valence-corrected chi connectivity index (χ3v) is 10.1. The SMILES string of the molecule is CCc1cc(-c2ccc(-c3ccc(C4CCC(C)CC4)cc3)cc2)cc(CC)c1OCCC(CC)(CC)CC. The second kappa shape index (κ2) is 13.7. The highest BCUT2D eigenvalue weighted by Gasteiger charge is 2.24. The Morgan fingerprint density at radius 2 is 1.10 bits per heavy atom. The monoisotopic (exact) mass is 524 g/mol. The second-order valence-corrected chi connectivity index (χ2v) is 12.1. The van der Waals surface area contributed by atoms with Crippen molar-refractivity contribution in [2.24, 2.45) is 11.3 Å². The Kier molecular flexibility index (Phi) is 10.3. The lowest BCUT2D eigenvalue weighted by molar-refractivity contribution is 0.172. The average molecular weight is 525 g/mol. The van der Waals surface area contributed by atoms with Gasteiger partial charge < -0.3 is 4.74 Å². The Morgan fingerprint density at radius 3 is 1.56 bits per heavy atom. The van der Waals surface area contributed by atoms with Crippen LogP contribution in [-0.4, -0.2) is 6.61 Å². The Balaban J connectivity index is 1.49. The normalized spacial score (nSPS) is 17.8. The quantitative estimate of drug-likeness (QED) is 0.229. The number of hydrogen-bond acceptors (Lipinski definition) is 1. The zero-order valence-electron chi connectivity index (χ0n) is 25.6. The first-order valence-corrected chi connectivity index (χ1v) is 15.9. The van der Waals surface area contributed by atoms with Crippen LogP contribution < -0.4 is 4.74 Å². The Morgan fingerprint density at radius 1 is 0.641 bits per heavy atom. The molecule has 39 heavy (non-hydrogen) atoms. The van der Waals surface area contributed by atoms with Gasteiger partial charge in [0.1, 0.15) is 5.75 Å². The van der Waals surface area contributed by atoms with Crippen LogP contribution in [0, 0.1) is 11.3 Å². The third kappa shape index (κ3) is 6.97. The molecule has 0 unspecified atom stereocenters. The van der Waals surface area contributed by atoms with Crippen LogP contribution in [0.4, 0.5) is 0 Å². The number of ether oxygens (including phenoxy) is 1. The molecular formula is C38H52O. The molecule has 1 fully saturated rings. The summed E-state index contributed by atoms with van der Waals surface area (Å²) >= 11 is 0. The van der Waals surface area contributed by atoms with Gasteiger partial charge in [-0.1, -0.05) is 122 Å². The van der Waals surface area contributed by atoms with Gasteiger partial charge in [0.25, 0.3) is 0 Å². The molecule has 0 atom stereocenters. The van der Waals surface area contributed by atoms with Gasteiger partial charge in [-0.2, -0.15) is 0 Å². The molecule has 0 saturated heterocycles. The van der Waals surface area contributed by atoms with Crippen LogP contribution in [-0.2, 0) is 12.8 Å². The van der Waals surface area contributed by atoms with E-state index in [9.17, 15) is 0 Å². The van der Waals surface area contributed by atoms with E-state index in [1.165, 1.54) is 83.9 Å². The van der Waals surface area contributed by atoms with E-state index < -0.39 is 0 Å². The maximum Gasteiger partial charge on any atom is 0.125 e. The van der Waals surface area contributed by atoms with Crippen molar-refractivity contribution >= 4 is 0 Å². The van der Waals surface area contributed by atoms with Gasteiger partial charge in [-0.25, -0.2) is 0 Å². The Bertz CT molecular complexity index is 1130. The van der Waals surface area contributed by atoms with Gasteiger partial charge >= 0.3 is 0 Å². The molecule has 3 aromatic rings. The molecule has 1 heteroatoms. The topological polar surface area (TPSA) is 9.23 Å². The molecular weight excluding hydrogens is 472 g/mol. The first-order chi connectivity index (χ1) is 19.0. The number of hydrogen-bond donors (Lipinski definition) is 0.